The first kappa shape index (κ1) is 19.8. The second-order valence-electron chi connectivity index (χ2n) is 9.64. The quantitative estimate of drug-likeness (QED) is 0.691. The molecule has 0 saturated heterocycles. The molecule has 5 rings (SSSR count). The molecule has 2 aliphatic rings. The van der Waals surface area contributed by atoms with E-state index in [1.54, 1.807) is 21.6 Å². The summed E-state index contributed by atoms with van der Waals surface area (Å²) in [4.78, 5) is 17.1. The Bertz CT molecular complexity index is 1110. The number of ether oxygens (including phenoxy) is 2. The van der Waals surface area contributed by atoms with Crippen LogP contribution in [0, 0.1) is 11.8 Å². The minimum Gasteiger partial charge on any atom is -0.472 e. The maximum Gasteiger partial charge on any atom is 0.407 e. The summed E-state index contributed by atoms with van der Waals surface area (Å²) in [7, 11) is 1.88. The van der Waals surface area contributed by atoms with Gasteiger partial charge in [0.05, 0.1) is 24.3 Å². The maximum absolute atomic E-state index is 12.3. The molecule has 4 atom stereocenters. The lowest BCUT2D eigenvalue weighted by molar-refractivity contribution is 0.0439. The Labute approximate surface area is 180 Å². The summed E-state index contributed by atoms with van der Waals surface area (Å²) in [5, 5.41) is 11.7. The number of alkyl carbamates (subject to hydrolysis) is 1. The van der Waals surface area contributed by atoms with Crippen LogP contribution in [0.15, 0.2) is 30.9 Å². The van der Waals surface area contributed by atoms with Crippen LogP contribution in [0.5, 0.6) is 5.88 Å². The monoisotopic (exact) mass is 424 g/mol. The van der Waals surface area contributed by atoms with Crippen molar-refractivity contribution < 1.29 is 14.3 Å². The maximum atomic E-state index is 12.3. The van der Waals surface area contributed by atoms with Crippen molar-refractivity contribution in [3.8, 4) is 17.1 Å². The molecule has 1 N–H and O–H groups in total. The highest BCUT2D eigenvalue weighted by atomic mass is 16.6. The van der Waals surface area contributed by atoms with Gasteiger partial charge in [-0.25, -0.2) is 14.3 Å². The van der Waals surface area contributed by atoms with Gasteiger partial charge in [-0.1, -0.05) is 0 Å². The van der Waals surface area contributed by atoms with Crippen LogP contribution >= 0.6 is 0 Å². The van der Waals surface area contributed by atoms with Gasteiger partial charge in [-0.15, -0.1) is 0 Å². The van der Waals surface area contributed by atoms with Crippen molar-refractivity contribution in [2.24, 2.45) is 18.9 Å². The summed E-state index contributed by atoms with van der Waals surface area (Å²) < 4.78 is 15.5. The van der Waals surface area contributed by atoms with E-state index < -0.39 is 5.60 Å². The second kappa shape index (κ2) is 7.25. The van der Waals surface area contributed by atoms with Gasteiger partial charge < -0.3 is 14.8 Å². The van der Waals surface area contributed by atoms with Crippen LogP contribution in [0.25, 0.3) is 16.8 Å². The van der Waals surface area contributed by atoms with Gasteiger partial charge in [0, 0.05) is 30.8 Å². The molecule has 0 radical (unpaired) electrons. The lowest BCUT2D eigenvalue weighted by Gasteiger charge is -2.31. The third kappa shape index (κ3) is 3.96. The lowest BCUT2D eigenvalue weighted by atomic mass is 9.92. The fraction of sp³-hybridized carbons (Fsp3) is 0.545. The number of amides is 1. The van der Waals surface area contributed by atoms with Crippen molar-refractivity contribution in [1.82, 2.24) is 29.7 Å². The second-order valence-corrected chi connectivity index (χ2v) is 9.64. The first-order chi connectivity index (χ1) is 14.7. The van der Waals surface area contributed by atoms with Gasteiger partial charge in [0.1, 0.15) is 17.2 Å². The topological polar surface area (TPSA) is 95.6 Å². The van der Waals surface area contributed by atoms with E-state index in [4.69, 9.17) is 14.5 Å². The highest BCUT2D eigenvalue weighted by Crippen LogP contribution is 2.46. The standard InChI is InChI=1S/C22H28N6O3/c1-22(2,3)31-21(29)26-16-8-13-7-15(16)19(9-13)30-20-18-5-6-23-28(18)12-17(25-20)14-10-24-27(4)11-14/h5-6,10-13,15-16,19H,7-9H2,1-4H3,(H,26,29)/t13-,15+,16+,19-/m0/s1. The largest absolute Gasteiger partial charge is 0.472 e. The summed E-state index contributed by atoms with van der Waals surface area (Å²) in [6, 6.07) is 1.96. The molecule has 2 aliphatic carbocycles. The predicted molar refractivity (Wildman–Crippen MR) is 114 cm³/mol. The summed E-state index contributed by atoms with van der Waals surface area (Å²) in [6.45, 7) is 5.62. The number of hydrogen-bond donors (Lipinski definition) is 1. The summed E-state index contributed by atoms with van der Waals surface area (Å²) in [5.41, 5.74) is 1.97. The van der Waals surface area contributed by atoms with Crippen LogP contribution in [0.4, 0.5) is 4.79 Å². The number of nitrogens with one attached hydrogen (secondary N) is 1. The fourth-order valence-corrected chi connectivity index (χ4v) is 4.87. The molecule has 3 heterocycles. The molecular weight excluding hydrogens is 396 g/mol. The van der Waals surface area contributed by atoms with Crippen molar-refractivity contribution in [1.29, 1.82) is 0 Å². The van der Waals surface area contributed by atoms with Crippen LogP contribution in [0.3, 0.4) is 0 Å². The smallest absolute Gasteiger partial charge is 0.407 e. The molecule has 9 heteroatoms. The molecule has 164 valence electrons. The number of rotatable bonds is 4. The van der Waals surface area contributed by atoms with Gasteiger partial charge >= 0.3 is 6.09 Å². The van der Waals surface area contributed by atoms with Gasteiger partial charge in [0.2, 0.25) is 5.88 Å². The van der Waals surface area contributed by atoms with Crippen molar-refractivity contribution >= 4 is 11.6 Å². The highest BCUT2D eigenvalue weighted by molar-refractivity contribution is 5.68. The average molecular weight is 425 g/mol. The molecule has 2 fully saturated rings. The zero-order chi connectivity index (χ0) is 21.8. The molecule has 2 saturated carbocycles. The highest BCUT2D eigenvalue weighted by Gasteiger charge is 2.48. The van der Waals surface area contributed by atoms with E-state index in [0.717, 1.165) is 36.0 Å². The minimum absolute atomic E-state index is 0.00552. The molecule has 31 heavy (non-hydrogen) atoms. The number of hydrogen-bond acceptors (Lipinski definition) is 6. The number of aryl methyl sites for hydroxylation is 1. The molecule has 0 unspecified atom stereocenters. The first-order valence-electron chi connectivity index (χ1n) is 10.7. The zero-order valence-electron chi connectivity index (χ0n) is 18.3. The van der Waals surface area contributed by atoms with Crippen molar-refractivity contribution in [3.63, 3.8) is 0 Å². The number of carbonyl (C=O) groups excluding carboxylic acids is 1. The molecule has 9 nitrogen and oxygen atoms in total. The third-order valence-electron chi connectivity index (χ3n) is 6.07. The first-order valence-corrected chi connectivity index (χ1v) is 10.7. The van der Waals surface area contributed by atoms with E-state index in [2.05, 4.69) is 15.5 Å². The van der Waals surface area contributed by atoms with Crippen LogP contribution < -0.4 is 10.1 Å². The number of fused-ring (bicyclic) bond motifs is 3. The predicted octanol–water partition coefficient (Wildman–Crippen LogP) is 3.20. The number of carbonyl (C=O) groups is 1. The lowest BCUT2D eigenvalue weighted by Crippen LogP contribution is -2.46. The van der Waals surface area contributed by atoms with E-state index in [1.165, 1.54) is 0 Å². The minimum atomic E-state index is -0.512. The molecular formula is C22H28N6O3. The van der Waals surface area contributed by atoms with Crippen molar-refractivity contribution in [2.45, 2.75) is 57.8 Å². The van der Waals surface area contributed by atoms with E-state index in [9.17, 15) is 4.79 Å². The van der Waals surface area contributed by atoms with Crippen LogP contribution in [-0.2, 0) is 11.8 Å². The average Bonchev–Trinajstić information content (AvgIpc) is 3.43. The van der Waals surface area contributed by atoms with Gasteiger partial charge in [-0.3, -0.25) is 4.68 Å². The van der Waals surface area contributed by atoms with Gasteiger partial charge in [0.15, 0.2) is 0 Å². The van der Waals surface area contributed by atoms with Crippen LogP contribution in [-0.4, -0.2) is 48.2 Å². The van der Waals surface area contributed by atoms with Crippen molar-refractivity contribution in [2.75, 3.05) is 0 Å². The van der Waals surface area contributed by atoms with E-state index in [-0.39, 0.29) is 24.2 Å². The Morgan fingerprint density at radius 3 is 2.74 bits per heavy atom. The van der Waals surface area contributed by atoms with Gasteiger partial charge in [-0.05, 0) is 52.0 Å². The third-order valence-corrected chi connectivity index (χ3v) is 6.07. The summed E-state index contributed by atoms with van der Waals surface area (Å²) >= 11 is 0. The zero-order valence-corrected chi connectivity index (χ0v) is 18.3. The van der Waals surface area contributed by atoms with Gasteiger partial charge in [0.25, 0.3) is 0 Å². The summed E-state index contributed by atoms with van der Waals surface area (Å²) in [5.74, 6) is 1.34. The normalized spacial score (nSPS) is 25.2. The molecule has 0 aromatic carbocycles. The number of nitrogens with zero attached hydrogens (tertiary/aromatic N) is 5. The Balaban J connectivity index is 1.36. The molecule has 0 aliphatic heterocycles. The Kier molecular flexibility index (Phi) is 4.64. The van der Waals surface area contributed by atoms with E-state index in [1.807, 2.05) is 46.3 Å². The Morgan fingerprint density at radius 1 is 1.19 bits per heavy atom. The van der Waals surface area contributed by atoms with E-state index >= 15 is 0 Å². The van der Waals surface area contributed by atoms with Crippen molar-refractivity contribution in [3.05, 3.63) is 30.9 Å². The van der Waals surface area contributed by atoms with Crippen LogP contribution in [0.2, 0.25) is 0 Å². The molecule has 2 bridgehead atoms. The Morgan fingerprint density at radius 2 is 2.03 bits per heavy atom. The molecule has 0 spiro atoms. The SMILES string of the molecule is Cn1cc(-c2cn3nccc3c(O[C@H]3C[C@H]4C[C@@H]3[C@H](NC(=O)OC(C)(C)C)C4)n2)cn1. The molecule has 3 aromatic rings. The Hall–Kier alpha value is -3.10. The van der Waals surface area contributed by atoms with E-state index in [0.29, 0.717) is 11.8 Å². The number of aromatic nitrogens is 5. The van der Waals surface area contributed by atoms with Crippen LogP contribution in [0.1, 0.15) is 40.0 Å². The molecule has 1 amide bonds. The fourth-order valence-electron chi connectivity index (χ4n) is 4.87. The molecule has 3 aromatic heterocycles. The van der Waals surface area contributed by atoms with Gasteiger partial charge in [-0.2, -0.15) is 10.2 Å². The summed E-state index contributed by atoms with van der Waals surface area (Å²) in [6.07, 6.45) is 9.93.